The van der Waals surface area contributed by atoms with E-state index in [4.69, 9.17) is 4.42 Å². The Morgan fingerprint density at radius 1 is 1.15 bits per heavy atom. The van der Waals surface area contributed by atoms with Gasteiger partial charge in [0.05, 0.1) is 11.7 Å². The van der Waals surface area contributed by atoms with Crippen LogP contribution in [0, 0.1) is 0 Å². The summed E-state index contributed by atoms with van der Waals surface area (Å²) >= 11 is 0. The van der Waals surface area contributed by atoms with E-state index in [1.807, 2.05) is 31.4 Å². The van der Waals surface area contributed by atoms with Crippen molar-refractivity contribution >= 4 is 22.6 Å². The van der Waals surface area contributed by atoms with Crippen LogP contribution >= 0.6 is 0 Å². The van der Waals surface area contributed by atoms with Gasteiger partial charge >= 0.3 is 0 Å². The van der Waals surface area contributed by atoms with Crippen molar-refractivity contribution in [2.24, 2.45) is 7.05 Å². The van der Waals surface area contributed by atoms with Crippen LogP contribution in [0.5, 0.6) is 0 Å². The van der Waals surface area contributed by atoms with Crippen molar-refractivity contribution in [1.29, 1.82) is 0 Å². The van der Waals surface area contributed by atoms with Crippen molar-refractivity contribution in [2.45, 2.75) is 38.6 Å². The summed E-state index contributed by atoms with van der Waals surface area (Å²) in [6, 6.07) is 8.05. The molecule has 170 valence electrons. The van der Waals surface area contributed by atoms with Gasteiger partial charge in [0.25, 0.3) is 5.91 Å². The summed E-state index contributed by atoms with van der Waals surface area (Å²) < 4.78 is 7.30. The number of benzene rings is 1. The average Bonchev–Trinajstić information content (AvgIpc) is 3.48. The lowest BCUT2D eigenvalue weighted by Crippen LogP contribution is -2.37. The first kappa shape index (κ1) is 21.2. The van der Waals surface area contributed by atoms with Crippen LogP contribution in [0.25, 0.3) is 22.2 Å². The maximum absolute atomic E-state index is 12.7. The van der Waals surface area contributed by atoms with E-state index >= 15 is 0 Å². The molecule has 3 aromatic heterocycles. The van der Waals surface area contributed by atoms with Crippen LogP contribution in [0.4, 0.5) is 5.82 Å². The van der Waals surface area contributed by atoms with E-state index < -0.39 is 0 Å². The van der Waals surface area contributed by atoms with E-state index in [-0.39, 0.29) is 17.5 Å². The lowest BCUT2D eigenvalue weighted by atomic mass is 9.96. The molecule has 10 nitrogen and oxygen atoms in total. The number of nitrogens with zero attached hydrogens (tertiary/aromatic N) is 7. The van der Waals surface area contributed by atoms with Crippen molar-refractivity contribution in [2.75, 3.05) is 18.4 Å². The summed E-state index contributed by atoms with van der Waals surface area (Å²) in [4.78, 5) is 19.6. The normalized spacial score (nSPS) is 15.4. The highest BCUT2D eigenvalue weighted by molar-refractivity contribution is 6.02. The molecule has 1 aliphatic rings. The number of fused-ring (bicyclic) bond motifs is 1. The Balaban J connectivity index is 1.29. The summed E-state index contributed by atoms with van der Waals surface area (Å²) in [7, 11) is 1.82. The van der Waals surface area contributed by atoms with Crippen LogP contribution in [-0.4, -0.2) is 60.1 Å². The molecule has 4 aromatic rings. The summed E-state index contributed by atoms with van der Waals surface area (Å²) in [5, 5.41) is 20.1. The number of nitrogens with one attached hydrogen (secondary N) is 1. The second kappa shape index (κ2) is 8.70. The Bertz CT molecular complexity index is 1290. The molecule has 0 aliphatic carbocycles. The maximum atomic E-state index is 12.7. The summed E-state index contributed by atoms with van der Waals surface area (Å²) in [5.74, 6) is 0.838. The van der Waals surface area contributed by atoms with E-state index in [0.717, 1.165) is 48.1 Å². The SMILES string of the molecule is CC(C)N1CCC(c2nc(C(=O)Nc3cc4cc(-c5cn(C)nn5)ccc4nn3)co2)CC1. The van der Waals surface area contributed by atoms with Gasteiger partial charge in [-0.1, -0.05) is 11.3 Å². The fourth-order valence-electron chi connectivity index (χ4n) is 4.17. The van der Waals surface area contributed by atoms with Gasteiger partial charge in [-0.05, 0) is 58.0 Å². The third-order valence-electron chi connectivity index (χ3n) is 6.09. The Labute approximate surface area is 191 Å². The topological polar surface area (TPSA) is 115 Å². The van der Waals surface area contributed by atoms with Crippen molar-refractivity contribution in [3.05, 3.63) is 48.3 Å². The average molecular weight is 447 g/mol. The number of piperidine rings is 1. The summed E-state index contributed by atoms with van der Waals surface area (Å²) in [6.45, 7) is 6.44. The molecule has 0 spiro atoms. The fourth-order valence-corrected chi connectivity index (χ4v) is 4.17. The highest BCUT2D eigenvalue weighted by Gasteiger charge is 2.26. The van der Waals surface area contributed by atoms with Crippen LogP contribution in [0.2, 0.25) is 0 Å². The number of amides is 1. The first-order chi connectivity index (χ1) is 16.0. The molecule has 33 heavy (non-hydrogen) atoms. The molecule has 1 aliphatic heterocycles. The van der Waals surface area contributed by atoms with E-state index in [9.17, 15) is 4.79 Å². The molecular formula is C23H26N8O2. The quantitative estimate of drug-likeness (QED) is 0.497. The highest BCUT2D eigenvalue weighted by atomic mass is 16.3. The number of aryl methyl sites for hydroxylation is 1. The molecule has 0 unspecified atom stereocenters. The lowest BCUT2D eigenvalue weighted by Gasteiger charge is -2.33. The van der Waals surface area contributed by atoms with E-state index in [2.05, 4.69) is 49.6 Å². The molecule has 4 heterocycles. The van der Waals surface area contributed by atoms with Crippen LogP contribution < -0.4 is 5.32 Å². The second-order valence-corrected chi connectivity index (χ2v) is 8.71. The van der Waals surface area contributed by atoms with Gasteiger partial charge in [0.15, 0.2) is 17.4 Å². The molecule has 1 aromatic carbocycles. The predicted octanol–water partition coefficient (Wildman–Crippen LogP) is 3.25. The molecule has 0 radical (unpaired) electrons. The van der Waals surface area contributed by atoms with Crippen LogP contribution in [0.1, 0.15) is 49.0 Å². The van der Waals surface area contributed by atoms with Crippen molar-refractivity contribution < 1.29 is 9.21 Å². The lowest BCUT2D eigenvalue weighted by molar-refractivity contribution is 0.102. The number of oxazole rings is 1. The van der Waals surface area contributed by atoms with Gasteiger partial charge in [0.1, 0.15) is 12.0 Å². The molecular weight excluding hydrogens is 420 g/mol. The number of anilines is 1. The molecule has 1 N–H and O–H groups in total. The Kier molecular flexibility index (Phi) is 5.59. The van der Waals surface area contributed by atoms with Gasteiger partial charge in [-0.15, -0.1) is 15.3 Å². The first-order valence-corrected chi connectivity index (χ1v) is 11.1. The highest BCUT2D eigenvalue weighted by Crippen LogP contribution is 2.28. The molecule has 5 rings (SSSR count). The zero-order valence-electron chi connectivity index (χ0n) is 18.9. The van der Waals surface area contributed by atoms with Crippen molar-refractivity contribution in [1.82, 2.24) is 35.1 Å². The molecule has 0 saturated carbocycles. The number of carbonyl (C=O) groups is 1. The number of rotatable bonds is 5. The Hall–Kier alpha value is -3.66. The number of carbonyl (C=O) groups excluding carboxylic acids is 1. The van der Waals surface area contributed by atoms with Gasteiger partial charge in [-0.2, -0.15) is 0 Å². The van der Waals surface area contributed by atoms with Gasteiger partial charge in [0, 0.05) is 30.0 Å². The fraction of sp³-hybridized carbons (Fsp3) is 0.391. The summed E-state index contributed by atoms with van der Waals surface area (Å²) in [6.07, 6.45) is 5.21. The molecule has 10 heteroatoms. The van der Waals surface area contributed by atoms with Gasteiger partial charge < -0.3 is 14.6 Å². The minimum Gasteiger partial charge on any atom is -0.448 e. The van der Waals surface area contributed by atoms with Gasteiger partial charge in [-0.3, -0.25) is 9.48 Å². The van der Waals surface area contributed by atoms with Crippen molar-refractivity contribution in [3.63, 3.8) is 0 Å². The minimum atomic E-state index is -0.372. The third-order valence-corrected chi connectivity index (χ3v) is 6.09. The van der Waals surface area contributed by atoms with Crippen LogP contribution in [0.3, 0.4) is 0 Å². The van der Waals surface area contributed by atoms with Gasteiger partial charge in [0.2, 0.25) is 0 Å². The standard InChI is InChI=1S/C23H26N8O2/c1-14(2)31-8-6-15(7-9-31)23-24-20(13-33-23)22(32)25-21-11-17-10-16(4-5-18(17)26-28-21)19-12-30(3)29-27-19/h4-5,10-15H,6-9H2,1-3H3,(H,25,28,32). The Morgan fingerprint density at radius 2 is 1.97 bits per heavy atom. The zero-order chi connectivity index (χ0) is 22.9. The van der Waals surface area contributed by atoms with Gasteiger partial charge in [-0.25, -0.2) is 4.98 Å². The summed E-state index contributed by atoms with van der Waals surface area (Å²) in [5.41, 5.74) is 2.63. The minimum absolute atomic E-state index is 0.238. The number of hydrogen-bond acceptors (Lipinski definition) is 8. The predicted molar refractivity (Wildman–Crippen MR) is 123 cm³/mol. The van der Waals surface area contributed by atoms with E-state index in [0.29, 0.717) is 17.8 Å². The molecule has 0 bridgehead atoms. The number of hydrogen-bond donors (Lipinski definition) is 1. The first-order valence-electron chi connectivity index (χ1n) is 11.1. The van der Waals surface area contributed by atoms with E-state index in [1.165, 1.54) is 6.26 Å². The monoisotopic (exact) mass is 446 g/mol. The Morgan fingerprint density at radius 3 is 2.70 bits per heavy atom. The molecule has 0 atom stereocenters. The maximum Gasteiger partial charge on any atom is 0.278 e. The molecule has 1 saturated heterocycles. The second-order valence-electron chi connectivity index (χ2n) is 8.71. The van der Waals surface area contributed by atoms with Crippen LogP contribution in [-0.2, 0) is 7.05 Å². The van der Waals surface area contributed by atoms with E-state index in [1.54, 1.807) is 10.7 Å². The molecule has 1 fully saturated rings. The number of likely N-dealkylation sites (tertiary alicyclic amines) is 1. The van der Waals surface area contributed by atoms with Crippen molar-refractivity contribution in [3.8, 4) is 11.3 Å². The smallest absolute Gasteiger partial charge is 0.278 e. The molecule has 1 amide bonds. The largest absolute Gasteiger partial charge is 0.448 e. The third kappa shape index (κ3) is 4.47. The van der Waals surface area contributed by atoms with Crippen LogP contribution in [0.15, 0.2) is 41.1 Å². The number of aromatic nitrogens is 6. The zero-order valence-corrected chi connectivity index (χ0v) is 18.9.